The van der Waals surface area contributed by atoms with Gasteiger partial charge in [-0.3, -0.25) is 0 Å². The van der Waals surface area contributed by atoms with Crippen LogP contribution in [0.5, 0.6) is 0 Å². The summed E-state index contributed by atoms with van der Waals surface area (Å²) in [5, 5.41) is 8.08. The summed E-state index contributed by atoms with van der Waals surface area (Å²) in [7, 11) is 0. The molecule has 0 bridgehead atoms. The summed E-state index contributed by atoms with van der Waals surface area (Å²) in [4.78, 5) is -4.79. The second kappa shape index (κ2) is 4.09. The van der Waals surface area contributed by atoms with Gasteiger partial charge in [-0.2, -0.15) is 22.0 Å². The largest absolute Gasteiger partial charge is 0.433 e. The summed E-state index contributed by atoms with van der Waals surface area (Å²) < 4.78 is 73.1. The van der Waals surface area contributed by atoms with Gasteiger partial charge in [-0.15, -0.1) is 0 Å². The molecule has 0 saturated heterocycles. The molecule has 0 aromatic rings. The molecule has 0 aromatic carbocycles. The number of hydrogen-bond donors (Lipinski definition) is 1. The Balaban J connectivity index is 5.18. The van der Waals surface area contributed by atoms with Crippen LogP contribution in [0.3, 0.4) is 0 Å². The number of allylic oxidation sites excluding steroid dienone is 1. The number of alkyl halides is 7. The average Bonchev–Trinajstić information content (AvgIpc) is 1.95. The first-order valence-corrected chi connectivity index (χ1v) is 3.96. The zero-order valence-corrected chi connectivity index (χ0v) is 8.04. The van der Waals surface area contributed by atoms with Crippen molar-refractivity contribution in [2.45, 2.75) is 16.7 Å². The van der Waals surface area contributed by atoms with Crippen LogP contribution in [0.2, 0.25) is 0 Å². The lowest BCUT2D eigenvalue weighted by Crippen LogP contribution is -2.50. The Morgan fingerprint density at radius 2 is 1.50 bits per heavy atom. The van der Waals surface area contributed by atoms with Crippen LogP contribution in [-0.2, 0) is 0 Å². The van der Waals surface area contributed by atoms with Crippen molar-refractivity contribution in [1.82, 2.24) is 0 Å². The maximum atomic E-state index is 12.9. The van der Waals surface area contributed by atoms with E-state index in [1.54, 1.807) is 0 Å². The average molecular weight is 287 g/mol. The number of hydrogen-bond acceptors (Lipinski definition) is 1. The lowest BCUT2D eigenvalue weighted by Gasteiger charge is -2.28. The molecule has 14 heavy (non-hydrogen) atoms. The smallest absolute Gasteiger partial charge is 0.392 e. The van der Waals surface area contributed by atoms with E-state index in [0.29, 0.717) is 0 Å². The number of aliphatic hydroxyl groups excluding tert-OH is 1. The van der Waals surface area contributed by atoms with Crippen LogP contribution in [-0.4, -0.2) is 28.4 Å². The van der Waals surface area contributed by atoms with Crippen LogP contribution < -0.4 is 0 Å². The van der Waals surface area contributed by atoms with Gasteiger partial charge in [-0.1, -0.05) is 6.08 Å². The second-order valence-electron chi connectivity index (χ2n) is 2.29. The van der Waals surface area contributed by atoms with Crippen molar-refractivity contribution < 1.29 is 31.4 Å². The first-order chi connectivity index (χ1) is 6.06. The van der Waals surface area contributed by atoms with Crippen molar-refractivity contribution in [2.75, 3.05) is 6.61 Å². The number of aliphatic hydroxyl groups is 1. The van der Waals surface area contributed by atoms with E-state index in [4.69, 9.17) is 5.11 Å². The first kappa shape index (κ1) is 13.8. The molecular formula is C6H5BrF6O. The zero-order valence-electron chi connectivity index (χ0n) is 6.45. The van der Waals surface area contributed by atoms with Crippen LogP contribution >= 0.6 is 15.9 Å². The Morgan fingerprint density at radius 1 is 1.07 bits per heavy atom. The van der Waals surface area contributed by atoms with E-state index in [1.807, 2.05) is 0 Å². The van der Waals surface area contributed by atoms with Crippen molar-refractivity contribution >= 4 is 15.9 Å². The van der Waals surface area contributed by atoms with E-state index in [1.165, 1.54) is 15.9 Å². The van der Waals surface area contributed by atoms with Gasteiger partial charge in [-0.05, 0) is 22.0 Å². The predicted molar refractivity (Wildman–Crippen MR) is 40.0 cm³/mol. The molecule has 0 aliphatic heterocycles. The van der Waals surface area contributed by atoms with E-state index < -0.39 is 29.4 Å². The molecule has 1 atom stereocenters. The third kappa shape index (κ3) is 2.63. The quantitative estimate of drug-likeness (QED) is 0.481. The molecule has 0 rings (SSSR count). The van der Waals surface area contributed by atoms with Gasteiger partial charge in [0.05, 0.1) is 6.61 Å². The monoisotopic (exact) mass is 286 g/mol. The molecule has 0 heterocycles. The van der Waals surface area contributed by atoms with Gasteiger partial charge in [0.1, 0.15) is 0 Å². The normalized spacial score (nSPS) is 18.6. The van der Waals surface area contributed by atoms with Gasteiger partial charge in [0, 0.05) is 0 Å². The Labute approximate surface area is 83.5 Å². The van der Waals surface area contributed by atoms with Gasteiger partial charge >= 0.3 is 11.0 Å². The minimum absolute atomic E-state index is 0.253. The summed E-state index contributed by atoms with van der Waals surface area (Å²) in [5.74, 6) is 0. The van der Waals surface area contributed by atoms with Crippen molar-refractivity contribution in [3.63, 3.8) is 0 Å². The summed E-state index contributed by atoms with van der Waals surface area (Å²) in [6, 6.07) is 0. The highest BCUT2D eigenvalue weighted by Crippen LogP contribution is 2.49. The standard InChI is InChI=1S/C6H5BrF6O/c7-5(9,10)4(8,2-1-3-14)6(11,12)13/h1-2,14H,3H2/b2-1+. The second-order valence-corrected chi connectivity index (χ2v) is 3.29. The lowest BCUT2D eigenvalue weighted by molar-refractivity contribution is -0.254. The molecule has 1 N–H and O–H groups in total. The molecule has 0 aliphatic rings. The SMILES string of the molecule is OC/C=C/C(F)(C(F)(F)F)C(F)(F)Br. The zero-order chi connectivity index (χ0) is 11.6. The van der Waals surface area contributed by atoms with Crippen molar-refractivity contribution in [2.24, 2.45) is 0 Å². The molecule has 8 heteroatoms. The van der Waals surface area contributed by atoms with Crippen molar-refractivity contribution in [3.8, 4) is 0 Å². The van der Waals surface area contributed by atoms with Gasteiger partial charge in [-0.25, -0.2) is 4.39 Å². The maximum Gasteiger partial charge on any atom is 0.433 e. The van der Waals surface area contributed by atoms with E-state index in [-0.39, 0.29) is 6.08 Å². The topological polar surface area (TPSA) is 20.2 Å². The molecule has 0 radical (unpaired) electrons. The van der Waals surface area contributed by atoms with Crippen LogP contribution in [0.15, 0.2) is 12.2 Å². The van der Waals surface area contributed by atoms with E-state index >= 15 is 0 Å². The molecule has 84 valence electrons. The Morgan fingerprint density at radius 3 is 1.71 bits per heavy atom. The van der Waals surface area contributed by atoms with Crippen molar-refractivity contribution in [1.29, 1.82) is 0 Å². The van der Waals surface area contributed by atoms with Gasteiger partial charge in [0.25, 0.3) is 5.67 Å². The fraction of sp³-hybridized carbons (Fsp3) is 0.667. The summed E-state index contributed by atoms with van der Waals surface area (Å²) in [6.45, 7) is -0.967. The minimum atomic E-state index is -5.77. The third-order valence-electron chi connectivity index (χ3n) is 1.28. The highest BCUT2D eigenvalue weighted by atomic mass is 79.9. The number of rotatable bonds is 3. The molecule has 0 aromatic heterocycles. The predicted octanol–water partition coefficient (Wildman–Crippen LogP) is 2.79. The molecule has 0 amide bonds. The summed E-state index contributed by atoms with van der Waals surface area (Å²) in [5.41, 5.74) is -4.83. The summed E-state index contributed by atoms with van der Waals surface area (Å²) in [6.07, 6.45) is -5.95. The molecular weight excluding hydrogens is 282 g/mol. The van der Waals surface area contributed by atoms with E-state index in [2.05, 4.69) is 0 Å². The van der Waals surface area contributed by atoms with Crippen LogP contribution in [0.1, 0.15) is 0 Å². The lowest BCUT2D eigenvalue weighted by atomic mass is 10.1. The van der Waals surface area contributed by atoms with Gasteiger partial charge in [0.15, 0.2) is 0 Å². The minimum Gasteiger partial charge on any atom is -0.392 e. The van der Waals surface area contributed by atoms with Crippen LogP contribution in [0.4, 0.5) is 26.3 Å². The van der Waals surface area contributed by atoms with Gasteiger partial charge in [0.2, 0.25) is 0 Å². The fourth-order valence-electron chi connectivity index (χ4n) is 0.565. The van der Waals surface area contributed by atoms with Crippen molar-refractivity contribution in [3.05, 3.63) is 12.2 Å². The molecule has 0 aliphatic carbocycles. The van der Waals surface area contributed by atoms with Crippen LogP contribution in [0.25, 0.3) is 0 Å². The van der Waals surface area contributed by atoms with Crippen LogP contribution in [0, 0.1) is 0 Å². The van der Waals surface area contributed by atoms with E-state index in [0.717, 1.165) is 0 Å². The first-order valence-electron chi connectivity index (χ1n) is 3.17. The molecule has 0 spiro atoms. The Hall–Kier alpha value is -0.240. The summed E-state index contributed by atoms with van der Waals surface area (Å²) >= 11 is 1.31. The molecule has 0 saturated carbocycles. The highest BCUT2D eigenvalue weighted by molar-refractivity contribution is 9.10. The number of halogens is 7. The Kier molecular flexibility index (Phi) is 4.02. The van der Waals surface area contributed by atoms with E-state index in [9.17, 15) is 26.3 Å². The maximum absolute atomic E-state index is 12.9. The Bertz CT molecular complexity index is 203. The molecule has 1 nitrogen and oxygen atoms in total. The van der Waals surface area contributed by atoms with Gasteiger partial charge < -0.3 is 5.11 Å². The molecule has 0 fully saturated rings. The highest BCUT2D eigenvalue weighted by Gasteiger charge is 2.68. The molecule has 1 unspecified atom stereocenters. The third-order valence-corrected chi connectivity index (χ3v) is 1.86. The fourth-order valence-corrected chi connectivity index (χ4v) is 0.922.